The van der Waals surface area contributed by atoms with Crippen molar-refractivity contribution in [3.05, 3.63) is 69.3 Å². The molecule has 2 N–H and O–H groups in total. The van der Waals surface area contributed by atoms with Crippen molar-refractivity contribution in [2.75, 3.05) is 6.54 Å². The van der Waals surface area contributed by atoms with E-state index in [-0.39, 0.29) is 34.7 Å². The van der Waals surface area contributed by atoms with Gasteiger partial charge in [0.25, 0.3) is 17.5 Å². The van der Waals surface area contributed by atoms with E-state index < -0.39 is 29.2 Å². The highest BCUT2D eigenvalue weighted by Crippen LogP contribution is 2.23. The smallest absolute Gasteiger partial charge is 0.270 e. The van der Waals surface area contributed by atoms with Gasteiger partial charge in [-0.3, -0.25) is 29.4 Å². The van der Waals surface area contributed by atoms with Crippen molar-refractivity contribution in [2.24, 2.45) is 0 Å². The van der Waals surface area contributed by atoms with Crippen molar-refractivity contribution >= 4 is 23.4 Å². The molecule has 132 valence electrons. The first-order chi connectivity index (χ1) is 12.4. The van der Waals surface area contributed by atoms with Gasteiger partial charge in [0.05, 0.1) is 16.1 Å². The number of nitrogens with one attached hydrogen (secondary N) is 1. The monoisotopic (exact) mass is 355 g/mol. The van der Waals surface area contributed by atoms with Crippen LogP contribution >= 0.6 is 0 Å². The van der Waals surface area contributed by atoms with Gasteiger partial charge in [-0.05, 0) is 18.2 Å². The van der Waals surface area contributed by atoms with E-state index in [1.807, 2.05) is 0 Å². The summed E-state index contributed by atoms with van der Waals surface area (Å²) in [7, 11) is 0. The minimum absolute atomic E-state index is 0.148. The zero-order chi connectivity index (χ0) is 18.8. The zero-order valence-electron chi connectivity index (χ0n) is 13.3. The number of rotatable bonds is 5. The third-order valence-corrected chi connectivity index (χ3v) is 3.93. The Morgan fingerprint density at radius 3 is 2.31 bits per heavy atom. The fourth-order valence-electron chi connectivity index (χ4n) is 2.60. The van der Waals surface area contributed by atoms with Crippen LogP contribution in [0.3, 0.4) is 0 Å². The summed E-state index contributed by atoms with van der Waals surface area (Å²) in [5, 5.41) is 22.9. The minimum Gasteiger partial charge on any atom is -0.508 e. The second-order valence-electron chi connectivity index (χ2n) is 5.59. The number of carbonyl (C=O) groups is 3. The molecule has 26 heavy (non-hydrogen) atoms. The average molecular weight is 355 g/mol. The van der Waals surface area contributed by atoms with Crippen LogP contribution in [0.4, 0.5) is 5.69 Å². The van der Waals surface area contributed by atoms with E-state index in [0.717, 1.165) is 23.1 Å². The summed E-state index contributed by atoms with van der Waals surface area (Å²) in [5.74, 6) is -1.96. The lowest BCUT2D eigenvalue weighted by Crippen LogP contribution is -2.40. The number of benzene rings is 2. The molecule has 0 atom stereocenters. The van der Waals surface area contributed by atoms with Gasteiger partial charge in [0, 0.05) is 24.2 Å². The van der Waals surface area contributed by atoms with Crippen LogP contribution in [0, 0.1) is 10.1 Å². The lowest BCUT2D eigenvalue weighted by Gasteiger charge is -2.14. The number of nitrogens with zero attached hydrogens (tertiary/aromatic N) is 2. The number of phenols is 1. The Labute approximate surface area is 147 Å². The molecule has 1 aliphatic rings. The highest BCUT2D eigenvalue weighted by atomic mass is 16.6. The van der Waals surface area contributed by atoms with Gasteiger partial charge in [0.15, 0.2) is 0 Å². The molecule has 0 fully saturated rings. The van der Waals surface area contributed by atoms with E-state index in [0.29, 0.717) is 0 Å². The molecule has 1 heterocycles. The number of carbonyl (C=O) groups excluding carboxylic acids is 3. The molecule has 3 amide bonds. The van der Waals surface area contributed by atoms with E-state index in [4.69, 9.17) is 0 Å². The molecular weight excluding hydrogens is 342 g/mol. The van der Waals surface area contributed by atoms with Crippen LogP contribution in [-0.4, -0.2) is 39.2 Å². The van der Waals surface area contributed by atoms with Crippen molar-refractivity contribution in [1.82, 2.24) is 10.2 Å². The predicted molar refractivity (Wildman–Crippen MR) is 88.4 cm³/mol. The van der Waals surface area contributed by atoms with Crippen LogP contribution in [0.2, 0.25) is 0 Å². The van der Waals surface area contributed by atoms with Crippen LogP contribution in [0.25, 0.3) is 0 Å². The number of fused-ring (bicyclic) bond motifs is 1. The maximum Gasteiger partial charge on any atom is 0.270 e. The topological polar surface area (TPSA) is 130 Å². The Morgan fingerprint density at radius 2 is 1.73 bits per heavy atom. The number of nitro benzene ring substituents is 1. The SMILES string of the molecule is O=C(CN1C(=O)c2ccccc2C1=O)NCc1cc([N+](=O)[O-])ccc1O. The van der Waals surface area contributed by atoms with E-state index in [2.05, 4.69) is 5.32 Å². The molecule has 0 saturated carbocycles. The van der Waals surface area contributed by atoms with Crippen LogP contribution in [0.1, 0.15) is 26.3 Å². The third kappa shape index (κ3) is 3.09. The molecule has 0 spiro atoms. The normalized spacial score (nSPS) is 12.8. The van der Waals surface area contributed by atoms with Gasteiger partial charge in [0.1, 0.15) is 12.3 Å². The number of hydrogen-bond acceptors (Lipinski definition) is 6. The molecule has 3 rings (SSSR count). The Morgan fingerprint density at radius 1 is 1.12 bits per heavy atom. The molecule has 0 saturated heterocycles. The fraction of sp³-hybridized carbons (Fsp3) is 0.118. The molecule has 2 aromatic rings. The number of hydrogen-bond donors (Lipinski definition) is 2. The third-order valence-electron chi connectivity index (χ3n) is 3.93. The van der Waals surface area contributed by atoms with E-state index in [1.165, 1.54) is 12.1 Å². The Balaban J connectivity index is 1.66. The number of phenolic OH excluding ortho intramolecular Hbond substituents is 1. The predicted octanol–water partition coefficient (Wildman–Crippen LogP) is 1.21. The van der Waals surface area contributed by atoms with Crippen LogP contribution in [0.5, 0.6) is 5.75 Å². The van der Waals surface area contributed by atoms with E-state index in [9.17, 15) is 29.6 Å². The largest absolute Gasteiger partial charge is 0.508 e. The molecule has 0 aliphatic carbocycles. The Bertz CT molecular complexity index is 905. The molecule has 0 bridgehead atoms. The van der Waals surface area contributed by atoms with Crippen LogP contribution < -0.4 is 5.32 Å². The maximum absolute atomic E-state index is 12.2. The van der Waals surface area contributed by atoms with Gasteiger partial charge in [-0.1, -0.05) is 12.1 Å². The molecule has 0 aromatic heterocycles. The lowest BCUT2D eigenvalue weighted by molar-refractivity contribution is -0.384. The summed E-state index contributed by atoms with van der Waals surface area (Å²) in [5.41, 5.74) is 0.394. The minimum atomic E-state index is -0.634. The molecule has 1 aliphatic heterocycles. The van der Waals surface area contributed by atoms with Gasteiger partial charge < -0.3 is 10.4 Å². The average Bonchev–Trinajstić information content (AvgIpc) is 2.86. The van der Waals surface area contributed by atoms with Crippen molar-refractivity contribution in [3.8, 4) is 5.75 Å². The van der Waals surface area contributed by atoms with Gasteiger partial charge in [-0.2, -0.15) is 0 Å². The summed E-state index contributed by atoms with van der Waals surface area (Å²) in [4.78, 5) is 47.4. The first kappa shape index (κ1) is 17.1. The molecule has 0 radical (unpaired) electrons. The van der Waals surface area contributed by atoms with Crippen molar-refractivity contribution in [2.45, 2.75) is 6.54 Å². The molecule has 9 heteroatoms. The number of nitro groups is 1. The van der Waals surface area contributed by atoms with Crippen molar-refractivity contribution in [3.63, 3.8) is 0 Å². The van der Waals surface area contributed by atoms with E-state index >= 15 is 0 Å². The highest BCUT2D eigenvalue weighted by molar-refractivity contribution is 6.22. The second-order valence-corrected chi connectivity index (χ2v) is 5.59. The first-order valence-electron chi connectivity index (χ1n) is 7.56. The van der Waals surface area contributed by atoms with Gasteiger partial charge in [0.2, 0.25) is 5.91 Å². The number of aromatic hydroxyl groups is 1. The fourth-order valence-corrected chi connectivity index (χ4v) is 2.60. The summed E-state index contributed by atoms with van der Waals surface area (Å²) in [6, 6.07) is 9.70. The summed E-state index contributed by atoms with van der Waals surface area (Å²) in [6.45, 7) is -0.669. The molecular formula is C17H13N3O6. The summed E-state index contributed by atoms with van der Waals surface area (Å²) < 4.78 is 0. The Hall–Kier alpha value is -3.75. The molecule has 0 unspecified atom stereocenters. The molecule has 2 aromatic carbocycles. The number of non-ortho nitro benzene ring substituents is 1. The second kappa shape index (κ2) is 6.63. The van der Waals surface area contributed by atoms with Crippen molar-refractivity contribution in [1.29, 1.82) is 0 Å². The van der Waals surface area contributed by atoms with E-state index in [1.54, 1.807) is 12.1 Å². The molecule has 9 nitrogen and oxygen atoms in total. The van der Waals surface area contributed by atoms with Gasteiger partial charge in [-0.15, -0.1) is 0 Å². The van der Waals surface area contributed by atoms with Crippen molar-refractivity contribution < 1.29 is 24.4 Å². The van der Waals surface area contributed by atoms with Gasteiger partial charge in [-0.25, -0.2) is 0 Å². The maximum atomic E-state index is 12.2. The van der Waals surface area contributed by atoms with Gasteiger partial charge >= 0.3 is 0 Å². The Kier molecular flexibility index (Phi) is 4.36. The number of amides is 3. The zero-order valence-corrected chi connectivity index (χ0v) is 13.3. The summed E-state index contributed by atoms with van der Waals surface area (Å²) in [6.07, 6.45) is 0. The lowest BCUT2D eigenvalue weighted by atomic mass is 10.1. The highest BCUT2D eigenvalue weighted by Gasteiger charge is 2.36. The number of imide groups is 1. The summed E-state index contributed by atoms with van der Waals surface area (Å²) >= 11 is 0. The standard InChI is InChI=1S/C17H13N3O6/c21-14-6-5-11(20(25)26)7-10(14)8-18-15(22)9-19-16(23)12-3-1-2-4-13(12)17(19)24/h1-7,21H,8-9H2,(H,18,22). The first-order valence-corrected chi connectivity index (χ1v) is 7.56. The quantitative estimate of drug-likeness (QED) is 0.471. The van der Waals surface area contributed by atoms with Crippen LogP contribution in [-0.2, 0) is 11.3 Å². The van der Waals surface area contributed by atoms with Crippen LogP contribution in [0.15, 0.2) is 42.5 Å².